The second kappa shape index (κ2) is 5.77. The van der Waals surface area contributed by atoms with Crippen LogP contribution in [-0.4, -0.2) is 35.3 Å². The first kappa shape index (κ1) is 14.8. The van der Waals surface area contributed by atoms with Gasteiger partial charge in [-0.3, -0.25) is 4.90 Å². The first-order valence-corrected chi connectivity index (χ1v) is 5.82. The molecule has 112 valence electrons. The average molecular weight is 301 g/mol. The molecule has 0 amide bonds. The van der Waals surface area contributed by atoms with E-state index in [-0.39, 0.29) is 11.6 Å². The predicted octanol–water partition coefficient (Wildman–Crippen LogP) is 1.82. The Morgan fingerprint density at radius 1 is 1.38 bits per heavy atom. The van der Waals surface area contributed by atoms with Gasteiger partial charge in [0.25, 0.3) is 5.96 Å². The maximum absolute atomic E-state index is 12.8. The molecule has 2 rings (SSSR count). The molecule has 1 fully saturated rings. The highest BCUT2D eigenvalue weighted by Crippen LogP contribution is 2.35. The van der Waals surface area contributed by atoms with Crippen molar-refractivity contribution in [3.05, 3.63) is 39.9 Å². The van der Waals surface area contributed by atoms with Gasteiger partial charge in [-0.15, -0.1) is 0 Å². The third-order valence-electron chi connectivity index (χ3n) is 2.63. The fourth-order valence-electron chi connectivity index (χ4n) is 1.74. The molecule has 1 aromatic carbocycles. The van der Waals surface area contributed by atoms with Gasteiger partial charge in [-0.05, 0) is 12.1 Å². The molecule has 1 aliphatic heterocycles. The zero-order valence-electron chi connectivity index (χ0n) is 10.5. The summed E-state index contributed by atoms with van der Waals surface area (Å²) in [6, 6.07) is 4.82. The lowest BCUT2D eigenvalue weighted by atomic mass is 10.2. The number of guanidine groups is 1. The highest BCUT2D eigenvalue weighted by Gasteiger charge is 2.33. The first-order chi connectivity index (χ1) is 9.88. The Kier molecular flexibility index (Phi) is 4.05. The molecule has 1 saturated heterocycles. The van der Waals surface area contributed by atoms with Gasteiger partial charge in [-0.25, -0.2) is 15.1 Å². The van der Waals surface area contributed by atoms with Crippen molar-refractivity contribution >= 4 is 18.0 Å². The zero-order valence-corrected chi connectivity index (χ0v) is 10.5. The maximum atomic E-state index is 12.8. The Balaban J connectivity index is 2.24. The van der Waals surface area contributed by atoms with Gasteiger partial charge < -0.3 is 5.32 Å². The zero-order chi connectivity index (χ0) is 15.5. The van der Waals surface area contributed by atoms with Crippen LogP contribution in [-0.2, 0) is 6.18 Å². The van der Waals surface area contributed by atoms with Crippen LogP contribution in [0, 0.1) is 10.1 Å². The van der Waals surface area contributed by atoms with Crippen molar-refractivity contribution in [1.29, 1.82) is 0 Å². The molecule has 0 atom stereocenters. The molecule has 1 N–H and O–H groups in total. The lowest BCUT2D eigenvalue weighted by Gasteiger charge is -2.11. The van der Waals surface area contributed by atoms with Crippen LogP contribution in [0.15, 0.2) is 34.4 Å². The Bertz CT molecular complexity index is 600. The molecule has 1 aromatic rings. The SMILES string of the molecule is O=[N+]([O-])/N=C1/NCCN1C=Nc1ccccc1C(F)(F)F. The van der Waals surface area contributed by atoms with Gasteiger partial charge in [-0.1, -0.05) is 12.1 Å². The maximum Gasteiger partial charge on any atom is 0.418 e. The summed E-state index contributed by atoms with van der Waals surface area (Å²) in [7, 11) is 0. The second-order valence-electron chi connectivity index (χ2n) is 4.04. The Morgan fingerprint density at radius 3 is 2.76 bits per heavy atom. The molecule has 0 saturated carbocycles. The Morgan fingerprint density at radius 2 is 2.10 bits per heavy atom. The van der Waals surface area contributed by atoms with Crippen LogP contribution >= 0.6 is 0 Å². The van der Waals surface area contributed by atoms with E-state index in [1.807, 2.05) is 0 Å². The summed E-state index contributed by atoms with van der Waals surface area (Å²) in [6.07, 6.45) is -3.43. The van der Waals surface area contributed by atoms with E-state index in [1.54, 1.807) is 0 Å². The number of benzene rings is 1. The van der Waals surface area contributed by atoms with Crippen LogP contribution < -0.4 is 5.32 Å². The van der Waals surface area contributed by atoms with E-state index in [1.165, 1.54) is 23.1 Å². The molecule has 10 heteroatoms. The number of aliphatic imine (C=N–C) groups is 1. The third kappa shape index (κ3) is 3.68. The molecular formula is C11H10F3N5O2. The highest BCUT2D eigenvalue weighted by atomic mass is 19.4. The molecule has 0 spiro atoms. The van der Waals surface area contributed by atoms with Crippen molar-refractivity contribution in [3.8, 4) is 0 Å². The lowest BCUT2D eigenvalue weighted by Crippen LogP contribution is -2.29. The number of nitrogens with one attached hydrogen (secondary N) is 1. The number of nitrogens with zero attached hydrogens (tertiary/aromatic N) is 4. The monoisotopic (exact) mass is 301 g/mol. The summed E-state index contributed by atoms with van der Waals surface area (Å²) in [5.41, 5.74) is -1.14. The summed E-state index contributed by atoms with van der Waals surface area (Å²) in [5, 5.41) is 15.1. The Hall–Kier alpha value is -2.65. The van der Waals surface area contributed by atoms with Gasteiger partial charge in [0.15, 0.2) is 5.03 Å². The summed E-state index contributed by atoms with van der Waals surface area (Å²) in [4.78, 5) is 15.3. The van der Waals surface area contributed by atoms with Gasteiger partial charge in [0.2, 0.25) is 0 Å². The summed E-state index contributed by atoms with van der Waals surface area (Å²) in [5.74, 6) is -0.0618. The predicted molar refractivity (Wildman–Crippen MR) is 68.7 cm³/mol. The molecule has 7 nitrogen and oxygen atoms in total. The second-order valence-corrected chi connectivity index (χ2v) is 4.04. The van der Waals surface area contributed by atoms with Gasteiger partial charge >= 0.3 is 6.18 Å². The average Bonchev–Trinajstić information content (AvgIpc) is 2.82. The number of hydrogen-bond donors (Lipinski definition) is 1. The minimum atomic E-state index is -4.52. The molecule has 0 unspecified atom stereocenters. The highest BCUT2D eigenvalue weighted by molar-refractivity contribution is 5.92. The summed E-state index contributed by atoms with van der Waals surface area (Å²) < 4.78 is 38.4. The van der Waals surface area contributed by atoms with Crippen molar-refractivity contribution in [2.24, 2.45) is 10.1 Å². The first-order valence-electron chi connectivity index (χ1n) is 5.82. The normalized spacial score (nSPS) is 17.5. The van der Waals surface area contributed by atoms with Crippen LogP contribution in [0.25, 0.3) is 0 Å². The van der Waals surface area contributed by atoms with E-state index < -0.39 is 16.8 Å². The number of rotatable bonds is 3. The van der Waals surface area contributed by atoms with E-state index in [4.69, 9.17) is 0 Å². The molecule has 21 heavy (non-hydrogen) atoms. The third-order valence-corrected chi connectivity index (χ3v) is 2.63. The van der Waals surface area contributed by atoms with Crippen molar-refractivity contribution in [3.63, 3.8) is 0 Å². The smallest absolute Gasteiger partial charge is 0.349 e. The number of nitro groups is 1. The number of alkyl halides is 3. The van der Waals surface area contributed by atoms with E-state index in [2.05, 4.69) is 15.4 Å². The van der Waals surface area contributed by atoms with Crippen LogP contribution in [0.5, 0.6) is 0 Å². The molecule has 0 aliphatic carbocycles. The standard InChI is InChI=1S/C11H10F3N5O2/c12-11(13,14)8-3-1-2-4-9(8)16-7-18-6-5-15-10(18)17-19(20)21/h1-4,7H,5-6H2,(H,15,17). The Labute approximate surface area is 116 Å². The molecule has 1 aliphatic rings. The summed E-state index contributed by atoms with van der Waals surface area (Å²) >= 11 is 0. The number of hydrogen-bond acceptors (Lipinski definition) is 3. The van der Waals surface area contributed by atoms with E-state index >= 15 is 0 Å². The van der Waals surface area contributed by atoms with E-state index in [0.29, 0.717) is 13.1 Å². The lowest BCUT2D eigenvalue weighted by molar-refractivity contribution is -0.485. The van der Waals surface area contributed by atoms with Crippen LogP contribution in [0.4, 0.5) is 18.9 Å². The van der Waals surface area contributed by atoms with Gasteiger partial charge in [0, 0.05) is 13.1 Å². The number of hydrazone groups is 1. The fraction of sp³-hybridized carbons (Fsp3) is 0.273. The minimum Gasteiger partial charge on any atom is -0.349 e. The van der Waals surface area contributed by atoms with E-state index in [0.717, 1.165) is 12.4 Å². The quantitative estimate of drug-likeness (QED) is 0.399. The minimum absolute atomic E-state index is 0.0618. The molecule has 1 heterocycles. The van der Waals surface area contributed by atoms with Crippen molar-refractivity contribution in [2.75, 3.05) is 13.1 Å². The summed E-state index contributed by atoms with van der Waals surface area (Å²) in [6.45, 7) is 0.712. The van der Waals surface area contributed by atoms with Crippen LogP contribution in [0.1, 0.15) is 5.56 Å². The van der Waals surface area contributed by atoms with Gasteiger partial charge in [0.1, 0.15) is 5.10 Å². The fourth-order valence-corrected chi connectivity index (χ4v) is 1.74. The molecule has 0 bridgehead atoms. The molecule has 0 radical (unpaired) electrons. The van der Waals surface area contributed by atoms with Crippen molar-refractivity contribution < 1.29 is 18.2 Å². The molecule has 0 aromatic heterocycles. The van der Waals surface area contributed by atoms with Crippen LogP contribution in [0.3, 0.4) is 0 Å². The van der Waals surface area contributed by atoms with Crippen molar-refractivity contribution in [1.82, 2.24) is 10.2 Å². The number of halogens is 3. The van der Waals surface area contributed by atoms with Crippen molar-refractivity contribution in [2.45, 2.75) is 6.18 Å². The van der Waals surface area contributed by atoms with Crippen LogP contribution in [0.2, 0.25) is 0 Å². The van der Waals surface area contributed by atoms with Gasteiger partial charge in [0.05, 0.1) is 17.6 Å². The topological polar surface area (TPSA) is 83.1 Å². The molecular weight excluding hydrogens is 291 g/mol. The van der Waals surface area contributed by atoms with E-state index in [9.17, 15) is 23.3 Å². The van der Waals surface area contributed by atoms with Gasteiger partial charge in [-0.2, -0.15) is 13.2 Å². The number of para-hydroxylation sites is 1. The largest absolute Gasteiger partial charge is 0.418 e.